The molecule has 4 N–H and O–H groups in total. The summed E-state index contributed by atoms with van der Waals surface area (Å²) < 4.78 is 5.48. The summed E-state index contributed by atoms with van der Waals surface area (Å²) in [6, 6.07) is 13.4. The summed E-state index contributed by atoms with van der Waals surface area (Å²) in [6.07, 6.45) is 1.25. The number of hydrogen-bond donors (Lipinski definition) is 4. The van der Waals surface area contributed by atoms with Gasteiger partial charge in [-0.3, -0.25) is 24.6 Å². The predicted octanol–water partition coefficient (Wildman–Crippen LogP) is 3.67. The maximum Gasteiger partial charge on any atom is 0.410 e. The van der Waals surface area contributed by atoms with E-state index in [-0.39, 0.29) is 18.1 Å². The molecule has 0 spiro atoms. The minimum atomic E-state index is -1.10. The Bertz CT molecular complexity index is 1210. The number of hydrogen-bond acceptors (Lipinski definition) is 7. The molecule has 1 saturated heterocycles. The maximum absolute atomic E-state index is 13.5. The van der Waals surface area contributed by atoms with Crippen molar-refractivity contribution in [3.05, 3.63) is 65.7 Å². The van der Waals surface area contributed by atoms with Gasteiger partial charge in [0, 0.05) is 19.5 Å². The largest absolute Gasteiger partial charge is 0.508 e. The molecule has 42 heavy (non-hydrogen) atoms. The molecule has 0 aliphatic carbocycles. The van der Waals surface area contributed by atoms with Crippen LogP contribution in [-0.4, -0.2) is 64.1 Å². The van der Waals surface area contributed by atoms with Gasteiger partial charge in [-0.1, -0.05) is 62.7 Å². The van der Waals surface area contributed by atoms with Crippen molar-refractivity contribution in [3.8, 4) is 5.75 Å². The number of nitrogens with one attached hydrogen (secondary N) is 3. The van der Waals surface area contributed by atoms with Crippen molar-refractivity contribution in [2.24, 2.45) is 5.92 Å². The van der Waals surface area contributed by atoms with E-state index in [1.54, 1.807) is 32.9 Å². The number of phenols is 1. The van der Waals surface area contributed by atoms with Gasteiger partial charge in [-0.2, -0.15) is 0 Å². The summed E-state index contributed by atoms with van der Waals surface area (Å²) in [5.41, 5.74) is 0.966. The smallest absolute Gasteiger partial charge is 0.410 e. The molecule has 1 heterocycles. The molecule has 2 aromatic rings. The zero-order chi connectivity index (χ0) is 30.9. The van der Waals surface area contributed by atoms with Gasteiger partial charge in [0.15, 0.2) is 0 Å². The molecule has 0 bridgehead atoms. The van der Waals surface area contributed by atoms with Crippen molar-refractivity contribution >= 4 is 23.8 Å². The average Bonchev–Trinajstić information content (AvgIpc) is 3.44. The zero-order valence-electron chi connectivity index (χ0n) is 25.2. The van der Waals surface area contributed by atoms with Crippen LogP contribution < -0.4 is 16.0 Å². The molecule has 0 aromatic heterocycles. The fourth-order valence-electron chi connectivity index (χ4n) is 4.82. The van der Waals surface area contributed by atoms with Crippen molar-refractivity contribution in [3.63, 3.8) is 0 Å². The fraction of sp³-hybridized carbons (Fsp3) is 0.500. The molecular formula is C32H44N4O6. The molecule has 10 nitrogen and oxygen atoms in total. The number of carbonyl (C=O) groups is 4. The Balaban J connectivity index is 1.76. The highest BCUT2D eigenvalue weighted by Crippen LogP contribution is 2.22. The van der Waals surface area contributed by atoms with Gasteiger partial charge in [0.1, 0.15) is 23.4 Å². The maximum atomic E-state index is 13.5. The summed E-state index contributed by atoms with van der Waals surface area (Å²) in [5, 5.41) is 18.3. The van der Waals surface area contributed by atoms with Crippen molar-refractivity contribution < 1.29 is 29.0 Å². The van der Waals surface area contributed by atoms with Gasteiger partial charge in [0.05, 0.1) is 6.04 Å². The summed E-state index contributed by atoms with van der Waals surface area (Å²) in [7, 11) is 0. The first-order chi connectivity index (χ1) is 19.9. The number of rotatable bonds is 11. The number of ether oxygens (including phenoxy) is 1. The Morgan fingerprint density at radius 1 is 1.00 bits per heavy atom. The standard InChI is InChI=1S/C32H44N4O6/c1-6-21(2)27(33-20-23-11-8-7-9-12-23)30(40)35-28(38)25(19-22-14-16-24(37)17-15-22)34-29(39)26-13-10-18-36(26)31(41)42-32(3,4)5/h7-9,11-12,14-17,21,25-27,33,37H,6,10,13,18-20H2,1-5H3,(H,34,39)(H,35,38,40)/t21-,25-,26-,27-/m0/s1. The van der Waals surface area contributed by atoms with E-state index in [2.05, 4.69) is 16.0 Å². The first-order valence-electron chi connectivity index (χ1n) is 14.6. The number of nitrogens with zero attached hydrogens (tertiary/aromatic N) is 1. The number of imide groups is 1. The zero-order valence-corrected chi connectivity index (χ0v) is 25.2. The van der Waals surface area contributed by atoms with Crippen LogP contribution in [0.3, 0.4) is 0 Å². The summed E-state index contributed by atoms with van der Waals surface area (Å²) in [4.78, 5) is 54.5. The molecule has 4 atom stereocenters. The van der Waals surface area contributed by atoms with Crippen LogP contribution >= 0.6 is 0 Å². The minimum Gasteiger partial charge on any atom is -0.508 e. The number of likely N-dealkylation sites (tertiary alicyclic amines) is 1. The van der Waals surface area contributed by atoms with Crippen LogP contribution in [0.25, 0.3) is 0 Å². The van der Waals surface area contributed by atoms with Gasteiger partial charge in [-0.15, -0.1) is 0 Å². The molecule has 4 amide bonds. The summed E-state index contributed by atoms with van der Waals surface area (Å²) in [5.74, 6) is -1.62. The van der Waals surface area contributed by atoms with E-state index in [1.807, 2.05) is 44.2 Å². The van der Waals surface area contributed by atoms with E-state index in [1.165, 1.54) is 17.0 Å². The monoisotopic (exact) mass is 580 g/mol. The van der Waals surface area contributed by atoms with Crippen molar-refractivity contribution in [1.29, 1.82) is 0 Å². The van der Waals surface area contributed by atoms with E-state index in [0.717, 1.165) is 5.56 Å². The molecule has 228 valence electrons. The van der Waals surface area contributed by atoms with Gasteiger partial charge in [0.25, 0.3) is 0 Å². The lowest BCUT2D eigenvalue weighted by Gasteiger charge is -2.29. The van der Waals surface area contributed by atoms with Gasteiger partial charge in [0.2, 0.25) is 17.7 Å². The number of amides is 4. The number of carbonyl (C=O) groups excluding carboxylic acids is 4. The summed E-state index contributed by atoms with van der Waals surface area (Å²) in [6.45, 7) is 10.00. The van der Waals surface area contributed by atoms with Crippen LogP contribution in [0.5, 0.6) is 5.75 Å². The topological polar surface area (TPSA) is 137 Å². The lowest BCUT2D eigenvalue weighted by Crippen LogP contribution is -2.57. The number of benzene rings is 2. The quantitative estimate of drug-likeness (QED) is 0.318. The Kier molecular flexibility index (Phi) is 11.5. The van der Waals surface area contributed by atoms with E-state index < -0.39 is 47.5 Å². The van der Waals surface area contributed by atoms with Crippen LogP contribution in [0.4, 0.5) is 4.79 Å². The SMILES string of the molecule is CC[C@H](C)[C@H](NCc1ccccc1)C(=O)NC(=O)[C@H](Cc1ccc(O)cc1)NC(=O)[C@@H]1CCCN1C(=O)OC(C)(C)C. The molecule has 2 aromatic carbocycles. The third-order valence-electron chi connectivity index (χ3n) is 7.30. The predicted molar refractivity (Wildman–Crippen MR) is 159 cm³/mol. The molecule has 1 aliphatic heterocycles. The third kappa shape index (κ3) is 9.58. The van der Waals surface area contributed by atoms with Gasteiger partial charge in [-0.25, -0.2) is 4.79 Å². The van der Waals surface area contributed by atoms with E-state index in [0.29, 0.717) is 37.9 Å². The first kappa shape index (κ1) is 32.6. The lowest BCUT2D eigenvalue weighted by atomic mass is 9.97. The second-order valence-electron chi connectivity index (χ2n) is 11.8. The lowest BCUT2D eigenvalue weighted by molar-refractivity contribution is -0.136. The second kappa shape index (κ2) is 14.8. The average molecular weight is 581 g/mol. The highest BCUT2D eigenvalue weighted by atomic mass is 16.6. The third-order valence-corrected chi connectivity index (χ3v) is 7.30. The molecule has 10 heteroatoms. The Morgan fingerprint density at radius 3 is 2.29 bits per heavy atom. The summed E-state index contributed by atoms with van der Waals surface area (Å²) >= 11 is 0. The van der Waals surface area contributed by atoms with Crippen molar-refractivity contribution in [2.45, 2.75) is 90.6 Å². The van der Waals surface area contributed by atoms with Gasteiger partial charge < -0.3 is 20.5 Å². The van der Waals surface area contributed by atoms with Crippen molar-refractivity contribution in [1.82, 2.24) is 20.9 Å². The van der Waals surface area contributed by atoms with Gasteiger partial charge >= 0.3 is 6.09 Å². The second-order valence-corrected chi connectivity index (χ2v) is 11.8. The van der Waals surface area contributed by atoms with Crippen LogP contribution in [0.15, 0.2) is 54.6 Å². The number of aromatic hydroxyl groups is 1. The van der Waals surface area contributed by atoms with Crippen LogP contribution in [-0.2, 0) is 32.1 Å². The van der Waals surface area contributed by atoms with Gasteiger partial charge in [-0.05, 0) is 62.8 Å². The molecule has 1 fully saturated rings. The molecular weight excluding hydrogens is 536 g/mol. The molecule has 3 rings (SSSR count). The van der Waals surface area contributed by atoms with Crippen LogP contribution in [0.1, 0.15) is 65.0 Å². The van der Waals surface area contributed by atoms with Crippen LogP contribution in [0, 0.1) is 5.92 Å². The Hall–Kier alpha value is -3.92. The Morgan fingerprint density at radius 2 is 1.67 bits per heavy atom. The highest BCUT2D eigenvalue weighted by Gasteiger charge is 2.38. The fourth-order valence-corrected chi connectivity index (χ4v) is 4.82. The Labute approximate surface area is 248 Å². The van der Waals surface area contributed by atoms with E-state index in [4.69, 9.17) is 4.74 Å². The number of phenolic OH excluding ortho intramolecular Hbond substituents is 1. The molecule has 0 unspecified atom stereocenters. The van der Waals surface area contributed by atoms with Crippen LogP contribution in [0.2, 0.25) is 0 Å². The minimum absolute atomic E-state index is 0.0625. The first-order valence-corrected chi connectivity index (χ1v) is 14.6. The molecule has 0 saturated carbocycles. The molecule has 1 aliphatic rings. The highest BCUT2D eigenvalue weighted by molar-refractivity contribution is 6.02. The van der Waals surface area contributed by atoms with E-state index >= 15 is 0 Å². The van der Waals surface area contributed by atoms with E-state index in [9.17, 15) is 24.3 Å². The molecule has 0 radical (unpaired) electrons. The van der Waals surface area contributed by atoms with Crippen molar-refractivity contribution in [2.75, 3.05) is 6.54 Å². The normalized spacial score (nSPS) is 17.2.